The highest BCUT2D eigenvalue weighted by molar-refractivity contribution is 6.15. The number of Topliss-reactive ketones (excluding diaryl/α,β-unsaturated/α-hetero) is 1. The summed E-state index contributed by atoms with van der Waals surface area (Å²) in [7, 11) is 2.98. The summed E-state index contributed by atoms with van der Waals surface area (Å²) < 4.78 is 22.3. The highest BCUT2D eigenvalue weighted by atomic mass is 16.6. The molecule has 39 heavy (non-hydrogen) atoms. The summed E-state index contributed by atoms with van der Waals surface area (Å²) in [6.45, 7) is 1.83. The Balaban J connectivity index is 1.50. The molecule has 0 radical (unpaired) electrons. The number of methoxy groups -OCH3 is 2. The van der Waals surface area contributed by atoms with Crippen LogP contribution in [0.2, 0.25) is 0 Å². The Morgan fingerprint density at radius 2 is 1.67 bits per heavy atom. The average Bonchev–Trinajstić information content (AvgIpc) is 3.54. The maximum Gasteiger partial charge on any atom is 0.417 e. The number of carbonyl (C=O) groups excluding carboxylic acids is 3. The Kier molecular flexibility index (Phi) is 7.36. The molecule has 0 bridgehead atoms. The number of nitrogens with zero attached hydrogens (tertiary/aromatic N) is 1. The number of ketones is 1. The zero-order valence-corrected chi connectivity index (χ0v) is 22.0. The van der Waals surface area contributed by atoms with Gasteiger partial charge in [-0.1, -0.05) is 54.6 Å². The van der Waals surface area contributed by atoms with Crippen molar-refractivity contribution >= 4 is 23.9 Å². The van der Waals surface area contributed by atoms with Crippen LogP contribution in [0.15, 0.2) is 72.5 Å². The molecule has 2 atom stereocenters. The van der Waals surface area contributed by atoms with Crippen LogP contribution in [0.25, 0.3) is 6.08 Å². The Hall–Kier alpha value is -4.59. The molecule has 0 unspecified atom stereocenters. The van der Waals surface area contributed by atoms with Crippen molar-refractivity contribution in [2.24, 2.45) is 0 Å². The van der Waals surface area contributed by atoms with Crippen LogP contribution < -0.4 is 9.47 Å². The van der Waals surface area contributed by atoms with E-state index in [1.807, 2.05) is 60.7 Å². The van der Waals surface area contributed by atoms with Gasteiger partial charge in [0.15, 0.2) is 0 Å². The smallest absolute Gasteiger partial charge is 0.417 e. The van der Waals surface area contributed by atoms with E-state index in [0.717, 1.165) is 21.6 Å². The molecule has 1 saturated heterocycles. The molecular weight excluding hydrogens is 498 g/mol. The number of cyclic esters (lactones) is 1. The predicted octanol–water partition coefficient (Wildman–Crippen LogP) is 4.77. The largest absolute Gasteiger partial charge is 0.496 e. The van der Waals surface area contributed by atoms with E-state index in [9.17, 15) is 14.4 Å². The third-order valence-electron chi connectivity index (χ3n) is 7.02. The lowest BCUT2D eigenvalue weighted by atomic mass is 10.0. The molecule has 1 aliphatic heterocycles. The summed E-state index contributed by atoms with van der Waals surface area (Å²) >= 11 is 0. The molecular formula is C31H29NO7. The zero-order valence-electron chi connectivity index (χ0n) is 22.0. The number of rotatable bonds is 9. The lowest BCUT2D eigenvalue weighted by Gasteiger charge is -2.25. The fourth-order valence-corrected chi connectivity index (χ4v) is 4.96. The Labute approximate surface area is 226 Å². The molecule has 2 amide bonds. The van der Waals surface area contributed by atoms with Gasteiger partial charge in [-0.05, 0) is 48.2 Å². The fourth-order valence-electron chi connectivity index (χ4n) is 4.96. The van der Waals surface area contributed by atoms with Gasteiger partial charge in [0.2, 0.25) is 11.9 Å². The maximum atomic E-state index is 14.0. The molecule has 0 saturated carbocycles. The van der Waals surface area contributed by atoms with Gasteiger partial charge in [0.05, 0.1) is 20.3 Å². The number of fused-ring (bicyclic) bond motifs is 1. The van der Waals surface area contributed by atoms with E-state index in [4.69, 9.17) is 18.9 Å². The Morgan fingerprint density at radius 1 is 1.00 bits per heavy atom. The topological polar surface area (TPSA) is 91.4 Å². The first-order valence-corrected chi connectivity index (χ1v) is 12.6. The summed E-state index contributed by atoms with van der Waals surface area (Å²) in [5, 5.41) is 0. The first-order valence-electron chi connectivity index (χ1n) is 12.6. The molecule has 200 valence electrons. The number of hydrogen-bond acceptors (Lipinski definition) is 7. The van der Waals surface area contributed by atoms with Gasteiger partial charge in [0, 0.05) is 17.5 Å². The molecule has 5 rings (SSSR count). The van der Waals surface area contributed by atoms with Crippen molar-refractivity contribution in [1.29, 1.82) is 0 Å². The van der Waals surface area contributed by atoms with Gasteiger partial charge in [-0.2, -0.15) is 0 Å². The van der Waals surface area contributed by atoms with Crippen LogP contribution in [0.5, 0.6) is 11.5 Å². The number of ether oxygens (including phenoxy) is 4. The average molecular weight is 528 g/mol. The van der Waals surface area contributed by atoms with Crippen molar-refractivity contribution in [3.8, 4) is 11.5 Å². The summed E-state index contributed by atoms with van der Waals surface area (Å²) in [4.78, 5) is 41.8. The highest BCUT2D eigenvalue weighted by Gasteiger charge is 2.45. The van der Waals surface area contributed by atoms with Crippen LogP contribution in [0.1, 0.15) is 32.6 Å². The molecule has 1 aliphatic carbocycles. The number of benzene rings is 3. The van der Waals surface area contributed by atoms with Crippen LogP contribution in [0, 0.1) is 6.92 Å². The van der Waals surface area contributed by atoms with E-state index in [-0.39, 0.29) is 12.2 Å². The Morgan fingerprint density at radius 3 is 2.33 bits per heavy atom. The minimum absolute atomic E-state index is 0.0285. The third-order valence-corrected chi connectivity index (χ3v) is 7.02. The summed E-state index contributed by atoms with van der Waals surface area (Å²) in [6, 6.07) is 19.7. The lowest BCUT2D eigenvalue weighted by molar-refractivity contribution is -0.136. The quantitative estimate of drug-likeness (QED) is 0.293. The number of imide groups is 1. The van der Waals surface area contributed by atoms with Crippen molar-refractivity contribution < 1.29 is 33.3 Å². The maximum absolute atomic E-state index is 14.0. The van der Waals surface area contributed by atoms with Gasteiger partial charge in [0.1, 0.15) is 23.9 Å². The minimum atomic E-state index is -1.62. The summed E-state index contributed by atoms with van der Waals surface area (Å²) in [5.74, 6) is -0.0793. The molecule has 1 heterocycles. The number of amides is 2. The van der Waals surface area contributed by atoms with E-state index in [0.29, 0.717) is 35.7 Å². The second-order valence-corrected chi connectivity index (χ2v) is 9.48. The molecule has 0 N–H and O–H groups in total. The van der Waals surface area contributed by atoms with Crippen LogP contribution in [-0.4, -0.2) is 55.7 Å². The first kappa shape index (κ1) is 26.0. The molecule has 0 aromatic heterocycles. The van der Waals surface area contributed by atoms with Gasteiger partial charge in [0.25, 0.3) is 5.91 Å². The number of carbonyl (C=O) groups is 3. The third kappa shape index (κ3) is 5.23. The normalized spacial score (nSPS) is 16.7. The van der Waals surface area contributed by atoms with Crippen LogP contribution in [0.3, 0.4) is 0 Å². The van der Waals surface area contributed by atoms with Crippen LogP contribution in [0.4, 0.5) is 4.79 Å². The van der Waals surface area contributed by atoms with E-state index < -0.39 is 29.9 Å². The number of allylic oxidation sites excluding steroid dienone is 1. The summed E-state index contributed by atoms with van der Waals surface area (Å²) in [5.41, 5.74) is 3.78. The highest BCUT2D eigenvalue weighted by Crippen LogP contribution is 2.32. The van der Waals surface area contributed by atoms with Crippen molar-refractivity contribution in [2.75, 3.05) is 20.8 Å². The molecule has 8 heteroatoms. The molecule has 2 aliphatic rings. The molecule has 3 aromatic carbocycles. The molecule has 8 nitrogen and oxygen atoms in total. The first-order chi connectivity index (χ1) is 18.9. The molecule has 3 aromatic rings. The predicted molar refractivity (Wildman–Crippen MR) is 144 cm³/mol. The standard InChI is InChI=1S/C31H29NO7/c1-19-26(36-2)16-23(17-27(19)37-3)28(33)29(39-25-14-21-11-7-8-12-22(21)15-25)30(34)32-24(18-38-31(32)35)13-20-9-5-4-6-10-20/h4-12,14,16-17,24,29H,13,15,18H2,1-3H3/t24-,29-/m1/s1. The monoisotopic (exact) mass is 527 g/mol. The second-order valence-electron chi connectivity index (χ2n) is 9.48. The summed E-state index contributed by atoms with van der Waals surface area (Å²) in [6.07, 6.45) is 0.199. The fraction of sp³-hybridized carbons (Fsp3) is 0.258. The van der Waals surface area contributed by atoms with Gasteiger partial charge in [-0.3, -0.25) is 9.59 Å². The van der Waals surface area contributed by atoms with Crippen LogP contribution in [-0.2, 0) is 27.1 Å². The molecule has 0 spiro atoms. The minimum Gasteiger partial charge on any atom is -0.496 e. The van der Waals surface area contributed by atoms with Gasteiger partial charge in [-0.25, -0.2) is 9.69 Å². The van der Waals surface area contributed by atoms with Crippen molar-refractivity contribution in [1.82, 2.24) is 4.90 Å². The van der Waals surface area contributed by atoms with Gasteiger partial charge < -0.3 is 18.9 Å². The van der Waals surface area contributed by atoms with Crippen LogP contribution >= 0.6 is 0 Å². The SMILES string of the molecule is COc1cc(C(=O)[C@@H](OC2=Cc3ccccc3C2)C(=O)N2C(=O)OC[C@H]2Cc2ccccc2)cc(OC)c1C. The van der Waals surface area contributed by atoms with Crippen molar-refractivity contribution in [3.05, 3.63) is 100 Å². The van der Waals surface area contributed by atoms with E-state index in [2.05, 4.69) is 0 Å². The van der Waals surface area contributed by atoms with Crippen molar-refractivity contribution in [2.45, 2.75) is 31.9 Å². The van der Waals surface area contributed by atoms with Crippen molar-refractivity contribution in [3.63, 3.8) is 0 Å². The second kappa shape index (κ2) is 11.0. The number of hydrogen-bond donors (Lipinski definition) is 0. The van der Waals surface area contributed by atoms with Gasteiger partial charge >= 0.3 is 6.09 Å². The van der Waals surface area contributed by atoms with E-state index in [1.165, 1.54) is 14.2 Å². The van der Waals surface area contributed by atoms with Gasteiger partial charge in [-0.15, -0.1) is 0 Å². The lowest BCUT2D eigenvalue weighted by Crippen LogP contribution is -2.49. The molecule has 1 fully saturated rings. The Bertz CT molecular complexity index is 1420. The van der Waals surface area contributed by atoms with E-state index >= 15 is 0 Å². The zero-order chi connectivity index (χ0) is 27.5. The van der Waals surface area contributed by atoms with E-state index in [1.54, 1.807) is 19.1 Å².